The van der Waals surface area contributed by atoms with Crippen molar-refractivity contribution in [3.8, 4) is 5.75 Å². The zero-order valence-electron chi connectivity index (χ0n) is 13.8. The van der Waals surface area contributed by atoms with E-state index in [1.54, 1.807) is 0 Å². The molecule has 2 aliphatic rings. The summed E-state index contributed by atoms with van der Waals surface area (Å²) >= 11 is 0. The molecule has 0 aliphatic carbocycles. The lowest BCUT2D eigenvalue weighted by Gasteiger charge is -2.40. The maximum absolute atomic E-state index is 11.6. The molecule has 1 N–H and O–H groups in total. The van der Waals surface area contributed by atoms with Gasteiger partial charge in [0, 0.05) is 24.8 Å². The lowest BCUT2D eigenvalue weighted by atomic mass is 9.84. The lowest BCUT2D eigenvalue weighted by Crippen LogP contribution is -2.46. The van der Waals surface area contributed by atoms with E-state index < -0.39 is 0 Å². The van der Waals surface area contributed by atoms with Crippen LogP contribution in [0.3, 0.4) is 0 Å². The van der Waals surface area contributed by atoms with E-state index in [2.05, 4.69) is 23.5 Å². The van der Waals surface area contributed by atoms with Crippen LogP contribution in [-0.4, -0.2) is 31.3 Å². The molecule has 1 fully saturated rings. The first-order valence-electron chi connectivity index (χ1n) is 8.59. The summed E-state index contributed by atoms with van der Waals surface area (Å²) in [7, 11) is 0. The summed E-state index contributed by atoms with van der Waals surface area (Å²) < 4.78 is 11.4. The topological polar surface area (TPSA) is 47.6 Å². The third kappa shape index (κ3) is 3.75. The fourth-order valence-electron chi connectivity index (χ4n) is 3.42. The highest BCUT2D eigenvalue weighted by Gasteiger charge is 2.36. The molecule has 4 heteroatoms. The standard InChI is InChI=1S/C19H25NO3/c1-2-22-18(21)9-5-6-15-14-19(10-12-20-13-11-19)23-17-8-4-3-7-16(15)17/h3-4,7-8,14,20H,2,5-6,9-13H2,1H3. The van der Waals surface area contributed by atoms with Crippen LogP contribution in [0.5, 0.6) is 5.75 Å². The molecular formula is C19H25NO3. The van der Waals surface area contributed by atoms with E-state index in [9.17, 15) is 4.79 Å². The Morgan fingerprint density at radius 2 is 2.09 bits per heavy atom. The Morgan fingerprint density at radius 1 is 1.30 bits per heavy atom. The van der Waals surface area contributed by atoms with Crippen molar-refractivity contribution in [2.24, 2.45) is 0 Å². The number of hydrogen-bond acceptors (Lipinski definition) is 4. The Balaban J connectivity index is 1.75. The van der Waals surface area contributed by atoms with Crippen molar-refractivity contribution in [2.75, 3.05) is 19.7 Å². The predicted octanol–water partition coefficient (Wildman–Crippen LogP) is 3.32. The van der Waals surface area contributed by atoms with E-state index in [0.29, 0.717) is 13.0 Å². The van der Waals surface area contributed by atoms with Gasteiger partial charge >= 0.3 is 5.97 Å². The molecule has 0 amide bonds. The SMILES string of the molecule is CCOC(=O)CCCC1=CC2(CCNCC2)Oc2ccccc21. The Kier molecular flexibility index (Phi) is 5.01. The summed E-state index contributed by atoms with van der Waals surface area (Å²) in [5.41, 5.74) is 2.29. The van der Waals surface area contributed by atoms with Crippen LogP contribution in [0, 0.1) is 0 Å². The van der Waals surface area contributed by atoms with Gasteiger partial charge in [-0.05, 0) is 50.6 Å². The molecule has 0 radical (unpaired) electrons. The number of carbonyl (C=O) groups is 1. The highest BCUT2D eigenvalue weighted by atomic mass is 16.5. The second-order valence-electron chi connectivity index (χ2n) is 6.24. The number of ether oxygens (including phenoxy) is 2. The number of esters is 1. The van der Waals surface area contributed by atoms with Crippen LogP contribution in [0.25, 0.3) is 5.57 Å². The van der Waals surface area contributed by atoms with Gasteiger partial charge in [-0.2, -0.15) is 0 Å². The van der Waals surface area contributed by atoms with Gasteiger partial charge in [-0.25, -0.2) is 0 Å². The van der Waals surface area contributed by atoms with Crippen molar-refractivity contribution >= 4 is 11.5 Å². The first-order chi connectivity index (χ1) is 11.2. The van der Waals surface area contributed by atoms with Gasteiger partial charge in [-0.3, -0.25) is 4.79 Å². The van der Waals surface area contributed by atoms with Crippen molar-refractivity contribution in [3.05, 3.63) is 35.9 Å². The highest BCUT2D eigenvalue weighted by Crippen LogP contribution is 2.41. The molecule has 1 saturated heterocycles. The number of hydrogen-bond donors (Lipinski definition) is 1. The number of benzene rings is 1. The molecule has 0 saturated carbocycles. The number of fused-ring (bicyclic) bond motifs is 1. The second-order valence-corrected chi connectivity index (χ2v) is 6.24. The van der Waals surface area contributed by atoms with Crippen LogP contribution in [-0.2, 0) is 9.53 Å². The number of para-hydroxylation sites is 1. The predicted molar refractivity (Wildman–Crippen MR) is 90.4 cm³/mol. The first kappa shape index (κ1) is 16.1. The Bertz CT molecular complexity index is 588. The van der Waals surface area contributed by atoms with Gasteiger partial charge in [0.05, 0.1) is 6.61 Å². The van der Waals surface area contributed by atoms with Crippen LogP contribution >= 0.6 is 0 Å². The average Bonchev–Trinajstić information content (AvgIpc) is 2.55. The van der Waals surface area contributed by atoms with Crippen LogP contribution in [0.2, 0.25) is 0 Å². The molecule has 2 aliphatic heterocycles. The van der Waals surface area contributed by atoms with Gasteiger partial charge in [0.15, 0.2) is 0 Å². The molecule has 3 rings (SSSR count). The van der Waals surface area contributed by atoms with Gasteiger partial charge in [-0.1, -0.05) is 18.2 Å². The molecule has 4 nitrogen and oxygen atoms in total. The van der Waals surface area contributed by atoms with Crippen LogP contribution < -0.4 is 10.1 Å². The zero-order chi connectivity index (χ0) is 16.1. The molecule has 124 valence electrons. The number of rotatable bonds is 5. The molecule has 0 unspecified atom stereocenters. The molecule has 2 heterocycles. The molecule has 23 heavy (non-hydrogen) atoms. The number of nitrogens with one attached hydrogen (secondary N) is 1. The largest absolute Gasteiger partial charge is 0.482 e. The Labute approximate surface area is 137 Å². The highest BCUT2D eigenvalue weighted by molar-refractivity contribution is 5.74. The molecule has 0 atom stereocenters. The van der Waals surface area contributed by atoms with Crippen LogP contribution in [0.15, 0.2) is 30.3 Å². The number of allylic oxidation sites excluding steroid dienone is 1. The summed E-state index contributed by atoms with van der Waals surface area (Å²) in [5.74, 6) is 0.869. The van der Waals surface area contributed by atoms with Gasteiger partial charge in [0.1, 0.15) is 11.4 Å². The van der Waals surface area contributed by atoms with Crippen LogP contribution in [0.4, 0.5) is 0 Å². The minimum atomic E-state index is -0.182. The van der Waals surface area contributed by atoms with Crippen molar-refractivity contribution < 1.29 is 14.3 Å². The van der Waals surface area contributed by atoms with E-state index in [-0.39, 0.29) is 11.6 Å². The van der Waals surface area contributed by atoms with Gasteiger partial charge in [0.25, 0.3) is 0 Å². The normalized spacial score (nSPS) is 18.7. The summed E-state index contributed by atoms with van der Waals surface area (Å²) in [4.78, 5) is 11.6. The van der Waals surface area contributed by atoms with Crippen molar-refractivity contribution in [3.63, 3.8) is 0 Å². The smallest absolute Gasteiger partial charge is 0.305 e. The summed E-state index contributed by atoms with van der Waals surface area (Å²) in [6.45, 7) is 4.26. The second kappa shape index (κ2) is 7.18. The molecular weight excluding hydrogens is 290 g/mol. The van der Waals surface area contributed by atoms with E-state index in [1.807, 2.05) is 19.1 Å². The monoisotopic (exact) mass is 315 g/mol. The summed E-state index contributed by atoms with van der Waals surface area (Å²) in [6.07, 6.45) is 6.46. The van der Waals surface area contributed by atoms with Crippen molar-refractivity contribution in [1.82, 2.24) is 5.32 Å². The quantitative estimate of drug-likeness (QED) is 0.847. The number of carbonyl (C=O) groups excluding carboxylic acids is 1. The third-order valence-corrected chi connectivity index (χ3v) is 4.57. The van der Waals surface area contributed by atoms with E-state index in [4.69, 9.17) is 9.47 Å². The van der Waals surface area contributed by atoms with Gasteiger partial charge in [-0.15, -0.1) is 0 Å². The molecule has 1 aromatic carbocycles. The Morgan fingerprint density at radius 3 is 2.87 bits per heavy atom. The van der Waals surface area contributed by atoms with Gasteiger partial charge < -0.3 is 14.8 Å². The zero-order valence-corrected chi connectivity index (χ0v) is 13.8. The van der Waals surface area contributed by atoms with Crippen molar-refractivity contribution in [1.29, 1.82) is 0 Å². The minimum absolute atomic E-state index is 0.106. The average molecular weight is 315 g/mol. The molecule has 1 spiro atoms. The summed E-state index contributed by atoms with van der Waals surface area (Å²) in [5, 5.41) is 3.40. The van der Waals surface area contributed by atoms with E-state index >= 15 is 0 Å². The maximum Gasteiger partial charge on any atom is 0.305 e. The molecule has 1 aromatic rings. The van der Waals surface area contributed by atoms with E-state index in [1.165, 1.54) is 11.1 Å². The minimum Gasteiger partial charge on any atom is -0.482 e. The first-order valence-corrected chi connectivity index (χ1v) is 8.59. The molecule has 0 bridgehead atoms. The third-order valence-electron chi connectivity index (χ3n) is 4.57. The summed E-state index contributed by atoms with van der Waals surface area (Å²) in [6, 6.07) is 8.23. The van der Waals surface area contributed by atoms with Crippen LogP contribution in [0.1, 0.15) is 44.6 Å². The lowest BCUT2D eigenvalue weighted by molar-refractivity contribution is -0.143. The fraction of sp³-hybridized carbons (Fsp3) is 0.526. The molecule has 0 aromatic heterocycles. The maximum atomic E-state index is 11.6. The number of piperidine rings is 1. The fourth-order valence-corrected chi connectivity index (χ4v) is 3.42. The van der Waals surface area contributed by atoms with Gasteiger partial charge in [0.2, 0.25) is 0 Å². The van der Waals surface area contributed by atoms with E-state index in [0.717, 1.165) is 44.5 Å². The van der Waals surface area contributed by atoms with Crippen molar-refractivity contribution in [2.45, 2.75) is 44.6 Å². The Hall–Kier alpha value is -1.81.